The van der Waals surface area contributed by atoms with Gasteiger partial charge in [0.15, 0.2) is 0 Å². The molecule has 0 aliphatic carbocycles. The zero-order valence-electron chi connectivity index (χ0n) is 6.22. The second-order valence-corrected chi connectivity index (χ2v) is 2.85. The van der Waals surface area contributed by atoms with Gasteiger partial charge in [-0.15, -0.1) is 0 Å². The van der Waals surface area contributed by atoms with Gasteiger partial charge in [0.2, 0.25) is 6.41 Å². The minimum atomic E-state index is 0.251. The zero-order valence-corrected chi connectivity index (χ0v) is 6.22. The van der Waals surface area contributed by atoms with Crippen LogP contribution in [0.1, 0.15) is 13.3 Å². The van der Waals surface area contributed by atoms with Crippen LogP contribution in [0, 0.1) is 5.41 Å². The number of carbonyl (C=O) groups is 1. The summed E-state index contributed by atoms with van der Waals surface area (Å²) < 4.78 is 5.07. The molecular formula is C7H13NO2. The van der Waals surface area contributed by atoms with Gasteiger partial charge in [-0.1, -0.05) is 6.92 Å². The molecule has 0 aromatic rings. The first-order chi connectivity index (χ1) is 4.83. The number of hydrogen-bond donors (Lipinski definition) is 1. The average molecular weight is 143 g/mol. The van der Waals surface area contributed by atoms with Crippen LogP contribution in [0.15, 0.2) is 0 Å². The predicted octanol–water partition coefficient (Wildman–Crippen LogP) is 0.159. The van der Waals surface area contributed by atoms with Crippen molar-refractivity contribution in [3.63, 3.8) is 0 Å². The summed E-state index contributed by atoms with van der Waals surface area (Å²) in [6.07, 6.45) is 1.82. The third kappa shape index (κ3) is 1.29. The van der Waals surface area contributed by atoms with Gasteiger partial charge in [0.05, 0.1) is 13.2 Å². The lowest BCUT2D eigenvalue weighted by molar-refractivity contribution is -0.122. The Morgan fingerprint density at radius 1 is 1.70 bits per heavy atom. The van der Waals surface area contributed by atoms with Gasteiger partial charge in [-0.25, -0.2) is 0 Å². The van der Waals surface area contributed by atoms with Gasteiger partial charge >= 0.3 is 0 Å². The lowest BCUT2D eigenvalue weighted by Crippen LogP contribution is -2.48. The van der Waals surface area contributed by atoms with Gasteiger partial charge in [-0.2, -0.15) is 0 Å². The van der Waals surface area contributed by atoms with Crippen LogP contribution in [-0.4, -0.2) is 26.2 Å². The molecule has 0 aromatic heterocycles. The Labute approximate surface area is 60.7 Å². The number of rotatable bonds is 4. The summed E-state index contributed by atoms with van der Waals surface area (Å²) in [7, 11) is 0. The minimum absolute atomic E-state index is 0.251. The number of amides is 1. The average Bonchev–Trinajstić information content (AvgIpc) is 1.87. The van der Waals surface area contributed by atoms with Crippen LogP contribution in [0.2, 0.25) is 0 Å². The van der Waals surface area contributed by atoms with E-state index in [1.165, 1.54) is 0 Å². The van der Waals surface area contributed by atoms with E-state index in [1.807, 2.05) is 0 Å². The van der Waals surface area contributed by atoms with E-state index >= 15 is 0 Å². The molecule has 3 nitrogen and oxygen atoms in total. The Morgan fingerprint density at radius 3 is 2.70 bits per heavy atom. The summed E-state index contributed by atoms with van der Waals surface area (Å²) in [6.45, 7) is 4.47. The Kier molecular flexibility index (Phi) is 2.27. The predicted molar refractivity (Wildman–Crippen MR) is 37.6 cm³/mol. The molecule has 0 unspecified atom stereocenters. The third-order valence-electron chi connectivity index (χ3n) is 2.13. The van der Waals surface area contributed by atoms with Gasteiger partial charge in [-0.05, 0) is 6.42 Å². The highest BCUT2D eigenvalue weighted by Gasteiger charge is 2.36. The topological polar surface area (TPSA) is 38.3 Å². The molecule has 0 spiro atoms. The molecule has 58 valence electrons. The monoisotopic (exact) mass is 143 g/mol. The maximum atomic E-state index is 9.96. The zero-order chi connectivity index (χ0) is 7.45. The molecule has 1 saturated heterocycles. The van der Waals surface area contributed by atoms with Crippen LogP contribution >= 0.6 is 0 Å². The Bertz CT molecular complexity index is 115. The fourth-order valence-electron chi connectivity index (χ4n) is 1.08. The first-order valence-corrected chi connectivity index (χ1v) is 3.58. The molecule has 0 atom stereocenters. The lowest BCUT2D eigenvalue weighted by atomic mass is 9.83. The normalized spacial score (nSPS) is 21.3. The highest BCUT2D eigenvalue weighted by atomic mass is 16.5. The van der Waals surface area contributed by atoms with E-state index in [1.54, 1.807) is 0 Å². The summed E-state index contributed by atoms with van der Waals surface area (Å²) in [5, 5.41) is 2.68. The molecule has 1 rings (SSSR count). The highest BCUT2D eigenvalue weighted by Crippen LogP contribution is 2.29. The summed E-state index contributed by atoms with van der Waals surface area (Å²) in [6, 6.07) is 0. The van der Waals surface area contributed by atoms with Gasteiger partial charge in [0.1, 0.15) is 0 Å². The second-order valence-electron chi connectivity index (χ2n) is 2.85. The fourth-order valence-corrected chi connectivity index (χ4v) is 1.08. The third-order valence-corrected chi connectivity index (χ3v) is 2.13. The molecule has 1 heterocycles. The smallest absolute Gasteiger partial charge is 0.207 e. The Hall–Kier alpha value is -0.570. The van der Waals surface area contributed by atoms with Crippen LogP contribution < -0.4 is 5.32 Å². The maximum Gasteiger partial charge on any atom is 0.207 e. The van der Waals surface area contributed by atoms with E-state index in [0.717, 1.165) is 32.6 Å². The summed E-state index contributed by atoms with van der Waals surface area (Å²) in [5.74, 6) is 0. The molecule has 0 radical (unpaired) electrons. The van der Waals surface area contributed by atoms with E-state index in [2.05, 4.69) is 12.2 Å². The van der Waals surface area contributed by atoms with E-state index in [0.29, 0.717) is 0 Å². The first-order valence-electron chi connectivity index (χ1n) is 3.58. The molecule has 0 saturated carbocycles. The van der Waals surface area contributed by atoms with Gasteiger partial charge in [0, 0.05) is 12.0 Å². The largest absolute Gasteiger partial charge is 0.380 e. The lowest BCUT2D eigenvalue weighted by Gasteiger charge is -2.40. The summed E-state index contributed by atoms with van der Waals surface area (Å²) >= 11 is 0. The fraction of sp³-hybridized carbons (Fsp3) is 0.857. The van der Waals surface area contributed by atoms with Crippen LogP contribution in [0.4, 0.5) is 0 Å². The summed E-state index contributed by atoms with van der Waals surface area (Å²) in [4.78, 5) is 9.96. The Morgan fingerprint density at radius 2 is 2.40 bits per heavy atom. The minimum Gasteiger partial charge on any atom is -0.380 e. The molecule has 1 N–H and O–H groups in total. The SMILES string of the molecule is CCC1(CNC=O)COC1. The summed E-state index contributed by atoms with van der Waals surface area (Å²) in [5.41, 5.74) is 0.251. The van der Waals surface area contributed by atoms with Crippen LogP contribution in [0.3, 0.4) is 0 Å². The maximum absolute atomic E-state index is 9.96. The molecular weight excluding hydrogens is 130 g/mol. The number of hydrogen-bond acceptors (Lipinski definition) is 2. The van der Waals surface area contributed by atoms with Crippen LogP contribution in [0.5, 0.6) is 0 Å². The van der Waals surface area contributed by atoms with Crippen molar-refractivity contribution in [1.82, 2.24) is 5.32 Å². The molecule has 1 aliphatic heterocycles. The van der Waals surface area contributed by atoms with Crippen molar-refractivity contribution < 1.29 is 9.53 Å². The van der Waals surface area contributed by atoms with Crippen molar-refractivity contribution in [1.29, 1.82) is 0 Å². The molecule has 1 amide bonds. The molecule has 10 heavy (non-hydrogen) atoms. The van der Waals surface area contributed by atoms with E-state index < -0.39 is 0 Å². The van der Waals surface area contributed by atoms with E-state index in [-0.39, 0.29) is 5.41 Å². The number of ether oxygens (including phenoxy) is 1. The van der Waals surface area contributed by atoms with Gasteiger partial charge in [0.25, 0.3) is 0 Å². The first kappa shape index (κ1) is 7.54. The van der Waals surface area contributed by atoms with E-state index in [9.17, 15) is 4.79 Å². The molecule has 3 heteroatoms. The van der Waals surface area contributed by atoms with Crippen molar-refractivity contribution >= 4 is 6.41 Å². The van der Waals surface area contributed by atoms with Gasteiger partial charge in [-0.3, -0.25) is 4.79 Å². The molecule has 0 bridgehead atoms. The molecule has 0 aromatic carbocycles. The number of nitrogens with one attached hydrogen (secondary N) is 1. The standard InChI is InChI=1S/C7H13NO2/c1-2-7(3-8-6-9)4-10-5-7/h6H,2-5H2,1H3,(H,8,9). The van der Waals surface area contributed by atoms with Crippen molar-refractivity contribution in [2.45, 2.75) is 13.3 Å². The molecule has 1 aliphatic rings. The van der Waals surface area contributed by atoms with Crippen LogP contribution in [-0.2, 0) is 9.53 Å². The highest BCUT2D eigenvalue weighted by molar-refractivity contribution is 5.46. The van der Waals surface area contributed by atoms with Crippen molar-refractivity contribution in [2.75, 3.05) is 19.8 Å². The van der Waals surface area contributed by atoms with Crippen molar-refractivity contribution in [3.05, 3.63) is 0 Å². The van der Waals surface area contributed by atoms with Crippen molar-refractivity contribution in [2.24, 2.45) is 5.41 Å². The van der Waals surface area contributed by atoms with Gasteiger partial charge < -0.3 is 10.1 Å². The number of carbonyl (C=O) groups excluding carboxylic acids is 1. The van der Waals surface area contributed by atoms with Crippen LogP contribution in [0.25, 0.3) is 0 Å². The second kappa shape index (κ2) is 3.01. The Balaban J connectivity index is 2.26. The molecule has 1 fully saturated rings. The van der Waals surface area contributed by atoms with E-state index in [4.69, 9.17) is 4.74 Å². The van der Waals surface area contributed by atoms with Crippen molar-refractivity contribution in [3.8, 4) is 0 Å². The quantitative estimate of drug-likeness (QED) is 0.569.